The summed E-state index contributed by atoms with van der Waals surface area (Å²) >= 11 is 0. The molecule has 3 nitrogen and oxygen atoms in total. The molecular weight excluding hydrogens is 312 g/mol. The monoisotopic (exact) mass is 330 g/mol. The van der Waals surface area contributed by atoms with E-state index >= 15 is 0 Å². The number of carboxylic acid groups (broad SMARTS) is 1. The number of ether oxygens (including phenoxy) is 1. The molecule has 0 radical (unpaired) electrons. The smallest absolute Gasteiger partial charge is 0.335 e. The SMILES string of the molecule is O=C(O)c1ccc(OC2Cc3ccc(-c4ccccc4)cc3C2)cc1. The predicted octanol–water partition coefficient (Wildman–Crippen LogP) is 4.60. The molecule has 1 unspecified atom stereocenters. The Balaban J connectivity index is 1.48. The van der Waals surface area contributed by atoms with E-state index < -0.39 is 5.97 Å². The predicted molar refractivity (Wildman–Crippen MR) is 97.1 cm³/mol. The molecule has 0 aliphatic heterocycles. The summed E-state index contributed by atoms with van der Waals surface area (Å²) in [6.45, 7) is 0. The maximum atomic E-state index is 10.9. The topological polar surface area (TPSA) is 46.5 Å². The Kier molecular flexibility index (Phi) is 3.98. The van der Waals surface area contributed by atoms with Crippen LogP contribution >= 0.6 is 0 Å². The van der Waals surface area contributed by atoms with E-state index in [-0.39, 0.29) is 11.7 Å². The van der Waals surface area contributed by atoms with E-state index in [9.17, 15) is 4.79 Å². The molecule has 0 spiro atoms. The molecule has 0 saturated heterocycles. The van der Waals surface area contributed by atoms with Gasteiger partial charge in [-0.05, 0) is 46.5 Å². The summed E-state index contributed by atoms with van der Waals surface area (Å²) in [6.07, 6.45) is 1.85. The molecule has 3 aromatic rings. The van der Waals surface area contributed by atoms with Crippen LogP contribution in [0, 0.1) is 0 Å². The summed E-state index contributed by atoms with van der Waals surface area (Å²) in [5, 5.41) is 8.96. The quantitative estimate of drug-likeness (QED) is 0.760. The summed E-state index contributed by atoms with van der Waals surface area (Å²) < 4.78 is 6.05. The van der Waals surface area contributed by atoms with E-state index in [0.717, 1.165) is 12.8 Å². The van der Waals surface area contributed by atoms with Crippen LogP contribution in [0.2, 0.25) is 0 Å². The van der Waals surface area contributed by atoms with Crippen molar-refractivity contribution in [2.75, 3.05) is 0 Å². The Labute approximate surface area is 146 Å². The van der Waals surface area contributed by atoms with Gasteiger partial charge in [-0.3, -0.25) is 0 Å². The fourth-order valence-corrected chi connectivity index (χ4v) is 3.34. The lowest BCUT2D eigenvalue weighted by Gasteiger charge is -2.13. The highest BCUT2D eigenvalue weighted by molar-refractivity contribution is 5.87. The highest BCUT2D eigenvalue weighted by Crippen LogP contribution is 2.30. The molecule has 0 heterocycles. The van der Waals surface area contributed by atoms with Crippen LogP contribution in [0.5, 0.6) is 5.75 Å². The summed E-state index contributed by atoms with van der Waals surface area (Å²) in [5.74, 6) is -0.209. The first-order valence-electron chi connectivity index (χ1n) is 8.36. The minimum Gasteiger partial charge on any atom is -0.490 e. The van der Waals surface area contributed by atoms with Gasteiger partial charge >= 0.3 is 5.97 Å². The largest absolute Gasteiger partial charge is 0.490 e. The van der Waals surface area contributed by atoms with Crippen molar-refractivity contribution in [1.29, 1.82) is 0 Å². The molecule has 3 heteroatoms. The third kappa shape index (κ3) is 3.26. The molecule has 1 N–H and O–H groups in total. The number of hydrogen-bond acceptors (Lipinski definition) is 2. The normalized spacial score (nSPS) is 15.6. The number of carbonyl (C=O) groups is 1. The third-order valence-corrected chi connectivity index (χ3v) is 4.61. The van der Waals surface area contributed by atoms with Gasteiger partial charge in [-0.1, -0.05) is 48.5 Å². The number of fused-ring (bicyclic) bond motifs is 1. The fourth-order valence-electron chi connectivity index (χ4n) is 3.34. The van der Waals surface area contributed by atoms with Crippen molar-refractivity contribution in [3.63, 3.8) is 0 Å². The Hall–Kier alpha value is -3.07. The molecule has 0 amide bonds. The Bertz CT molecular complexity index is 898. The standard InChI is InChI=1S/C22H18O3/c23-22(24)16-8-10-20(11-9-16)25-21-13-18-7-6-17(12-19(18)14-21)15-4-2-1-3-5-15/h1-12,21H,13-14H2,(H,23,24). The fraction of sp³-hybridized carbons (Fsp3) is 0.136. The van der Waals surface area contributed by atoms with Gasteiger partial charge in [0.1, 0.15) is 11.9 Å². The van der Waals surface area contributed by atoms with Gasteiger partial charge in [-0.25, -0.2) is 4.79 Å². The molecule has 1 aliphatic rings. The van der Waals surface area contributed by atoms with Crippen molar-refractivity contribution in [2.24, 2.45) is 0 Å². The van der Waals surface area contributed by atoms with Gasteiger partial charge in [0.2, 0.25) is 0 Å². The third-order valence-electron chi connectivity index (χ3n) is 4.61. The number of hydrogen-bond donors (Lipinski definition) is 1. The second-order valence-corrected chi connectivity index (χ2v) is 6.33. The van der Waals surface area contributed by atoms with Gasteiger partial charge < -0.3 is 9.84 Å². The second-order valence-electron chi connectivity index (χ2n) is 6.33. The van der Waals surface area contributed by atoms with Crippen LogP contribution in [0.25, 0.3) is 11.1 Å². The summed E-state index contributed by atoms with van der Waals surface area (Å²) in [4.78, 5) is 10.9. The Morgan fingerprint density at radius 1 is 0.840 bits per heavy atom. The van der Waals surface area contributed by atoms with E-state index in [1.165, 1.54) is 22.3 Å². The second kappa shape index (κ2) is 6.44. The van der Waals surface area contributed by atoms with Gasteiger partial charge in [-0.15, -0.1) is 0 Å². The average Bonchev–Trinajstić information content (AvgIpc) is 3.04. The summed E-state index contributed by atoms with van der Waals surface area (Å²) in [6, 6.07) is 23.6. The lowest BCUT2D eigenvalue weighted by molar-refractivity contribution is 0.0697. The Morgan fingerprint density at radius 3 is 2.28 bits per heavy atom. The van der Waals surface area contributed by atoms with Crippen molar-refractivity contribution < 1.29 is 14.6 Å². The summed E-state index contributed by atoms with van der Waals surface area (Å²) in [7, 11) is 0. The van der Waals surface area contributed by atoms with Crippen LogP contribution in [0.4, 0.5) is 0 Å². The molecule has 1 atom stereocenters. The molecule has 4 rings (SSSR count). The first kappa shape index (κ1) is 15.5. The lowest BCUT2D eigenvalue weighted by Crippen LogP contribution is -2.16. The molecule has 0 aromatic heterocycles. The minimum absolute atomic E-state index is 0.0942. The van der Waals surface area contributed by atoms with Crippen molar-refractivity contribution in [1.82, 2.24) is 0 Å². The maximum Gasteiger partial charge on any atom is 0.335 e. The van der Waals surface area contributed by atoms with Crippen molar-refractivity contribution >= 4 is 5.97 Å². The molecule has 25 heavy (non-hydrogen) atoms. The van der Waals surface area contributed by atoms with Crippen molar-refractivity contribution in [3.05, 3.63) is 89.5 Å². The van der Waals surface area contributed by atoms with Crippen LogP contribution in [0.3, 0.4) is 0 Å². The minimum atomic E-state index is -0.923. The maximum absolute atomic E-state index is 10.9. The van der Waals surface area contributed by atoms with Crippen LogP contribution in [-0.2, 0) is 12.8 Å². The highest BCUT2D eigenvalue weighted by Gasteiger charge is 2.23. The number of benzene rings is 3. The average molecular weight is 330 g/mol. The lowest BCUT2D eigenvalue weighted by atomic mass is 10.0. The van der Waals surface area contributed by atoms with Crippen LogP contribution < -0.4 is 4.74 Å². The van der Waals surface area contributed by atoms with Crippen LogP contribution in [-0.4, -0.2) is 17.2 Å². The van der Waals surface area contributed by atoms with Gasteiger partial charge in [0, 0.05) is 12.8 Å². The molecule has 0 fully saturated rings. The van der Waals surface area contributed by atoms with E-state index in [1.54, 1.807) is 24.3 Å². The van der Waals surface area contributed by atoms with Crippen LogP contribution in [0.1, 0.15) is 21.5 Å². The van der Waals surface area contributed by atoms with Crippen molar-refractivity contribution in [2.45, 2.75) is 18.9 Å². The highest BCUT2D eigenvalue weighted by atomic mass is 16.5. The molecular formula is C22H18O3. The number of rotatable bonds is 4. The first-order valence-corrected chi connectivity index (χ1v) is 8.36. The first-order chi connectivity index (χ1) is 12.2. The zero-order chi connectivity index (χ0) is 17.2. The van der Waals surface area contributed by atoms with E-state index in [0.29, 0.717) is 5.75 Å². The van der Waals surface area contributed by atoms with Crippen LogP contribution in [0.15, 0.2) is 72.8 Å². The molecule has 3 aromatic carbocycles. The molecule has 1 aliphatic carbocycles. The number of carboxylic acids is 1. The van der Waals surface area contributed by atoms with Gasteiger partial charge in [0.25, 0.3) is 0 Å². The summed E-state index contributed by atoms with van der Waals surface area (Å²) in [5.41, 5.74) is 5.37. The van der Waals surface area contributed by atoms with E-state index in [1.807, 2.05) is 6.07 Å². The zero-order valence-corrected chi connectivity index (χ0v) is 13.7. The zero-order valence-electron chi connectivity index (χ0n) is 13.7. The van der Waals surface area contributed by atoms with Gasteiger partial charge in [-0.2, -0.15) is 0 Å². The Morgan fingerprint density at radius 2 is 1.56 bits per heavy atom. The van der Waals surface area contributed by atoms with Gasteiger partial charge in [0.05, 0.1) is 5.56 Å². The van der Waals surface area contributed by atoms with E-state index in [4.69, 9.17) is 9.84 Å². The van der Waals surface area contributed by atoms with Crippen molar-refractivity contribution in [3.8, 4) is 16.9 Å². The molecule has 0 saturated carbocycles. The molecule has 0 bridgehead atoms. The van der Waals surface area contributed by atoms with E-state index in [2.05, 4.69) is 42.5 Å². The number of aromatic carboxylic acids is 1. The van der Waals surface area contributed by atoms with Gasteiger partial charge in [0.15, 0.2) is 0 Å². The molecule has 124 valence electrons.